The molecule has 0 aliphatic heterocycles. The Morgan fingerprint density at radius 2 is 1.72 bits per heavy atom. The van der Waals surface area contributed by atoms with Crippen LogP contribution in [0.2, 0.25) is 0 Å². The first-order valence-corrected chi connectivity index (χ1v) is 10.1. The molecular formula is C24H24F2N2O. The first-order valence-electron chi connectivity index (χ1n) is 10.1. The van der Waals surface area contributed by atoms with Crippen molar-refractivity contribution in [1.29, 1.82) is 0 Å². The van der Waals surface area contributed by atoms with E-state index in [-0.39, 0.29) is 17.6 Å². The third kappa shape index (κ3) is 3.95. The van der Waals surface area contributed by atoms with E-state index in [1.54, 1.807) is 17.6 Å². The molecule has 0 spiro atoms. The molecule has 1 aliphatic rings. The third-order valence-electron chi connectivity index (χ3n) is 5.65. The first-order chi connectivity index (χ1) is 14.0. The maximum Gasteiger partial charge on any atom is 0.253 e. The number of aromatic nitrogens is 1. The Kier molecular flexibility index (Phi) is 5.47. The van der Waals surface area contributed by atoms with Crippen LogP contribution in [-0.2, 0) is 0 Å². The van der Waals surface area contributed by atoms with Crippen LogP contribution in [0.25, 0.3) is 16.9 Å². The van der Waals surface area contributed by atoms with E-state index in [9.17, 15) is 13.6 Å². The second-order valence-corrected chi connectivity index (χ2v) is 7.63. The average molecular weight is 394 g/mol. The van der Waals surface area contributed by atoms with Crippen LogP contribution >= 0.6 is 0 Å². The Hall–Kier alpha value is -2.95. The molecule has 5 heteroatoms. The topological polar surface area (TPSA) is 34.0 Å². The Morgan fingerprint density at radius 1 is 1.00 bits per heavy atom. The van der Waals surface area contributed by atoms with Crippen molar-refractivity contribution in [3.05, 3.63) is 77.5 Å². The number of rotatable bonds is 4. The van der Waals surface area contributed by atoms with E-state index in [1.165, 1.54) is 18.6 Å². The molecule has 4 rings (SSSR count). The molecule has 0 bridgehead atoms. The van der Waals surface area contributed by atoms with Crippen molar-refractivity contribution in [2.24, 2.45) is 0 Å². The maximum atomic E-state index is 14.6. The normalized spacial score (nSPS) is 14.7. The van der Waals surface area contributed by atoms with Crippen LogP contribution in [0.3, 0.4) is 0 Å². The molecule has 29 heavy (non-hydrogen) atoms. The summed E-state index contributed by atoms with van der Waals surface area (Å²) in [7, 11) is 0. The monoisotopic (exact) mass is 394 g/mol. The summed E-state index contributed by atoms with van der Waals surface area (Å²) in [6.45, 7) is 1.80. The van der Waals surface area contributed by atoms with Crippen molar-refractivity contribution in [1.82, 2.24) is 9.88 Å². The lowest BCUT2D eigenvalue weighted by molar-refractivity contribution is 0.0927. The van der Waals surface area contributed by atoms with Crippen LogP contribution < -0.4 is 5.32 Å². The summed E-state index contributed by atoms with van der Waals surface area (Å²) in [5.74, 6) is -1.44. The van der Waals surface area contributed by atoms with Gasteiger partial charge in [-0.2, -0.15) is 0 Å². The summed E-state index contributed by atoms with van der Waals surface area (Å²) >= 11 is 0. The van der Waals surface area contributed by atoms with Crippen LogP contribution in [0.1, 0.15) is 48.2 Å². The molecule has 1 heterocycles. The number of carbonyl (C=O) groups is 1. The number of nitrogens with zero attached hydrogens (tertiary/aromatic N) is 1. The van der Waals surface area contributed by atoms with Gasteiger partial charge in [-0.25, -0.2) is 8.78 Å². The van der Waals surface area contributed by atoms with Crippen LogP contribution in [0.5, 0.6) is 0 Å². The zero-order valence-electron chi connectivity index (χ0n) is 16.4. The number of hydrogen-bond acceptors (Lipinski definition) is 1. The second-order valence-electron chi connectivity index (χ2n) is 7.63. The minimum atomic E-state index is -0.667. The maximum absolute atomic E-state index is 14.6. The molecule has 2 aromatic carbocycles. The summed E-state index contributed by atoms with van der Waals surface area (Å²) < 4.78 is 29.8. The fraction of sp³-hybridized carbons (Fsp3) is 0.292. The molecule has 150 valence electrons. The van der Waals surface area contributed by atoms with Gasteiger partial charge in [0, 0.05) is 17.8 Å². The van der Waals surface area contributed by atoms with Gasteiger partial charge in [0.05, 0.1) is 16.9 Å². The summed E-state index contributed by atoms with van der Waals surface area (Å²) in [4.78, 5) is 13.0. The lowest BCUT2D eigenvalue weighted by Crippen LogP contribution is -2.36. The van der Waals surface area contributed by atoms with E-state index in [0.717, 1.165) is 37.3 Å². The highest BCUT2D eigenvalue weighted by molar-refractivity contribution is 5.97. The van der Waals surface area contributed by atoms with E-state index in [0.29, 0.717) is 17.0 Å². The SMILES string of the molecule is Cc1c(C(=O)NC2CCCCC2)cc(-c2ccccc2)n1-c1ccc(F)cc1F. The second kappa shape index (κ2) is 8.19. The van der Waals surface area contributed by atoms with Gasteiger partial charge in [-0.1, -0.05) is 49.6 Å². The van der Waals surface area contributed by atoms with Gasteiger partial charge in [0.25, 0.3) is 5.91 Å². The van der Waals surface area contributed by atoms with Crippen molar-refractivity contribution in [2.45, 2.75) is 45.1 Å². The molecule has 0 saturated heterocycles. The molecule has 1 aliphatic carbocycles. The van der Waals surface area contributed by atoms with Crippen molar-refractivity contribution in [2.75, 3.05) is 0 Å². The van der Waals surface area contributed by atoms with Gasteiger partial charge in [0.15, 0.2) is 0 Å². The zero-order valence-corrected chi connectivity index (χ0v) is 16.4. The van der Waals surface area contributed by atoms with Crippen molar-refractivity contribution >= 4 is 5.91 Å². The first kappa shape index (κ1) is 19.4. The molecule has 1 saturated carbocycles. The zero-order chi connectivity index (χ0) is 20.4. The van der Waals surface area contributed by atoms with Crippen molar-refractivity contribution in [3.8, 4) is 16.9 Å². The highest BCUT2D eigenvalue weighted by atomic mass is 19.1. The highest BCUT2D eigenvalue weighted by Crippen LogP contribution is 2.31. The van der Waals surface area contributed by atoms with E-state index >= 15 is 0 Å². The summed E-state index contributed by atoms with van der Waals surface area (Å²) in [5, 5.41) is 3.14. The molecule has 3 nitrogen and oxygen atoms in total. The lowest BCUT2D eigenvalue weighted by atomic mass is 9.95. The van der Waals surface area contributed by atoms with Gasteiger partial charge in [-0.15, -0.1) is 0 Å². The van der Waals surface area contributed by atoms with Crippen LogP contribution in [-0.4, -0.2) is 16.5 Å². The summed E-state index contributed by atoms with van der Waals surface area (Å²) in [6.07, 6.45) is 5.44. The number of benzene rings is 2. The average Bonchev–Trinajstić information content (AvgIpc) is 3.07. The van der Waals surface area contributed by atoms with Gasteiger partial charge in [0.2, 0.25) is 0 Å². The minimum Gasteiger partial charge on any atom is -0.349 e. The molecular weight excluding hydrogens is 370 g/mol. The smallest absolute Gasteiger partial charge is 0.253 e. The molecule has 1 N–H and O–H groups in total. The summed E-state index contributed by atoms with van der Waals surface area (Å²) in [6, 6.07) is 15.0. The fourth-order valence-corrected chi connectivity index (χ4v) is 4.14. The molecule has 0 atom stereocenters. The Labute approximate surface area is 169 Å². The largest absolute Gasteiger partial charge is 0.349 e. The van der Waals surface area contributed by atoms with Gasteiger partial charge in [-0.3, -0.25) is 4.79 Å². The van der Waals surface area contributed by atoms with Crippen LogP contribution in [0.4, 0.5) is 8.78 Å². The quantitative estimate of drug-likeness (QED) is 0.597. The third-order valence-corrected chi connectivity index (χ3v) is 5.65. The van der Waals surface area contributed by atoms with Crippen LogP contribution in [0, 0.1) is 18.6 Å². The lowest BCUT2D eigenvalue weighted by Gasteiger charge is -2.22. The van der Waals surface area contributed by atoms with Gasteiger partial charge in [0.1, 0.15) is 11.6 Å². The van der Waals surface area contributed by atoms with Gasteiger partial charge in [-0.05, 0) is 43.5 Å². The Bertz CT molecular complexity index is 1020. The van der Waals surface area contributed by atoms with E-state index < -0.39 is 11.6 Å². The van der Waals surface area contributed by atoms with Crippen molar-refractivity contribution in [3.63, 3.8) is 0 Å². The van der Waals surface area contributed by atoms with E-state index in [1.807, 2.05) is 30.3 Å². The highest BCUT2D eigenvalue weighted by Gasteiger charge is 2.23. The molecule has 0 unspecified atom stereocenters. The van der Waals surface area contributed by atoms with Crippen molar-refractivity contribution < 1.29 is 13.6 Å². The summed E-state index contributed by atoms with van der Waals surface area (Å²) in [5.41, 5.74) is 2.92. The Balaban J connectivity index is 1.79. The molecule has 1 fully saturated rings. The number of amides is 1. The van der Waals surface area contributed by atoms with E-state index in [2.05, 4.69) is 5.32 Å². The standard InChI is InChI=1S/C24H24F2N2O/c1-16-20(24(29)27-19-10-6-3-7-11-19)15-23(17-8-4-2-5-9-17)28(16)22-13-12-18(25)14-21(22)26/h2,4-5,8-9,12-15,19H,3,6-7,10-11H2,1H3,(H,27,29). The fourth-order valence-electron chi connectivity index (χ4n) is 4.14. The molecule has 0 radical (unpaired) electrons. The molecule has 3 aromatic rings. The van der Waals surface area contributed by atoms with E-state index in [4.69, 9.17) is 0 Å². The predicted octanol–water partition coefficient (Wildman–Crippen LogP) is 5.79. The molecule has 1 amide bonds. The van der Waals surface area contributed by atoms with Gasteiger partial charge >= 0.3 is 0 Å². The predicted molar refractivity (Wildman–Crippen MR) is 110 cm³/mol. The Morgan fingerprint density at radius 3 is 2.41 bits per heavy atom. The van der Waals surface area contributed by atoms with Gasteiger partial charge < -0.3 is 9.88 Å². The number of nitrogens with one attached hydrogen (secondary N) is 1. The van der Waals surface area contributed by atoms with Crippen LogP contribution in [0.15, 0.2) is 54.6 Å². The number of carbonyl (C=O) groups excluding carboxylic acids is 1. The number of halogens is 2. The number of hydrogen-bond donors (Lipinski definition) is 1. The molecule has 1 aromatic heterocycles. The minimum absolute atomic E-state index is 0.146.